The van der Waals surface area contributed by atoms with Crippen molar-refractivity contribution < 1.29 is 14.6 Å². The van der Waals surface area contributed by atoms with E-state index >= 15 is 0 Å². The average molecular weight is 286 g/mol. The van der Waals surface area contributed by atoms with Gasteiger partial charge >= 0.3 is 0 Å². The number of methoxy groups -OCH3 is 1. The van der Waals surface area contributed by atoms with Gasteiger partial charge in [0, 0.05) is 0 Å². The minimum absolute atomic E-state index is 0.0559. The van der Waals surface area contributed by atoms with Crippen LogP contribution in [0.5, 0.6) is 17.2 Å². The molecule has 0 saturated carbocycles. The van der Waals surface area contributed by atoms with Gasteiger partial charge < -0.3 is 20.3 Å². The molecular formula is C16H18N2O3. The molecule has 4 N–H and O–H groups in total. The van der Waals surface area contributed by atoms with Crippen LogP contribution in [0.15, 0.2) is 36.4 Å². The predicted molar refractivity (Wildman–Crippen MR) is 81.2 cm³/mol. The highest BCUT2D eigenvalue weighted by atomic mass is 16.5. The zero-order valence-corrected chi connectivity index (χ0v) is 12.0. The average Bonchev–Trinajstić information content (AvgIpc) is 2.49. The Hall–Kier alpha value is -2.53. The molecule has 5 nitrogen and oxygen atoms in total. The van der Waals surface area contributed by atoms with Gasteiger partial charge in [-0.1, -0.05) is 17.7 Å². The smallest absolute Gasteiger partial charge is 0.169 e. The fourth-order valence-electron chi connectivity index (χ4n) is 1.96. The zero-order valence-electron chi connectivity index (χ0n) is 12.0. The van der Waals surface area contributed by atoms with E-state index in [0.717, 1.165) is 11.1 Å². The van der Waals surface area contributed by atoms with Crippen LogP contribution in [0.3, 0.4) is 0 Å². The molecule has 2 aromatic rings. The highest BCUT2D eigenvalue weighted by molar-refractivity contribution is 5.97. The van der Waals surface area contributed by atoms with E-state index < -0.39 is 0 Å². The maximum absolute atomic E-state index is 9.14. The lowest BCUT2D eigenvalue weighted by atomic mass is 10.1. The van der Waals surface area contributed by atoms with Gasteiger partial charge in [-0.15, -0.1) is 0 Å². The van der Waals surface area contributed by atoms with Gasteiger partial charge in [-0.25, -0.2) is 0 Å². The third kappa shape index (κ3) is 3.32. The molecule has 21 heavy (non-hydrogen) atoms. The topological polar surface area (TPSA) is 88.6 Å². The molecule has 0 fully saturated rings. The van der Waals surface area contributed by atoms with Crippen molar-refractivity contribution in [2.75, 3.05) is 7.11 Å². The summed E-state index contributed by atoms with van der Waals surface area (Å²) in [6.07, 6.45) is 0. The van der Waals surface area contributed by atoms with E-state index in [0.29, 0.717) is 22.8 Å². The molecule has 0 saturated heterocycles. The third-order valence-corrected chi connectivity index (χ3v) is 3.06. The van der Waals surface area contributed by atoms with Gasteiger partial charge in [-0.05, 0) is 36.8 Å². The molecule has 0 bridgehead atoms. The lowest BCUT2D eigenvalue weighted by Crippen LogP contribution is -2.12. The van der Waals surface area contributed by atoms with Crippen LogP contribution in [-0.2, 0) is 6.61 Å². The quantitative estimate of drug-likeness (QED) is 0.582. The van der Waals surface area contributed by atoms with Crippen molar-refractivity contribution in [3.05, 3.63) is 53.1 Å². The van der Waals surface area contributed by atoms with Gasteiger partial charge in [0.25, 0.3) is 0 Å². The second-order valence-corrected chi connectivity index (χ2v) is 4.66. The summed E-state index contributed by atoms with van der Waals surface area (Å²) >= 11 is 0. The number of ether oxygens (including phenoxy) is 2. The molecule has 0 radical (unpaired) electrons. The first kappa shape index (κ1) is 14.9. The number of hydrogen-bond acceptors (Lipinski definition) is 4. The van der Waals surface area contributed by atoms with Crippen LogP contribution in [0.4, 0.5) is 0 Å². The van der Waals surface area contributed by atoms with Crippen LogP contribution >= 0.6 is 0 Å². The van der Waals surface area contributed by atoms with Gasteiger partial charge in [-0.3, -0.25) is 5.41 Å². The number of amidine groups is 1. The number of nitrogen functional groups attached to an aromatic ring is 1. The van der Waals surface area contributed by atoms with Gasteiger partial charge in [0.1, 0.15) is 11.6 Å². The van der Waals surface area contributed by atoms with Crippen LogP contribution in [0.2, 0.25) is 0 Å². The van der Waals surface area contributed by atoms with E-state index in [-0.39, 0.29) is 12.4 Å². The predicted octanol–water partition coefficient (Wildman–Crippen LogP) is 2.57. The van der Waals surface area contributed by atoms with E-state index in [4.69, 9.17) is 25.7 Å². The lowest BCUT2D eigenvalue weighted by molar-refractivity contribution is 0.280. The molecule has 5 heteroatoms. The molecule has 110 valence electrons. The number of benzene rings is 2. The zero-order chi connectivity index (χ0) is 15.4. The van der Waals surface area contributed by atoms with E-state index in [1.165, 1.54) is 7.11 Å². The summed E-state index contributed by atoms with van der Waals surface area (Å²) < 4.78 is 11.1. The highest BCUT2D eigenvalue weighted by Gasteiger charge is 2.12. The highest BCUT2D eigenvalue weighted by Crippen LogP contribution is 2.34. The lowest BCUT2D eigenvalue weighted by Gasteiger charge is -2.14. The number of hydrogen-bond donors (Lipinski definition) is 3. The number of nitrogens with two attached hydrogens (primary N) is 1. The first-order valence-electron chi connectivity index (χ1n) is 6.46. The largest absolute Gasteiger partial charge is 0.493 e. The maximum atomic E-state index is 9.14. The molecule has 0 unspecified atom stereocenters. The standard InChI is InChI=1S/C16H18N2O3/c1-10-3-5-13(12(7-10)16(17)18)21-14-6-4-11(9-19)8-15(14)20-2/h3-8,19H,9H2,1-2H3,(H3,17,18). The van der Waals surface area contributed by atoms with Gasteiger partial charge in [0.05, 0.1) is 19.3 Å². The Balaban J connectivity index is 2.40. The fourth-order valence-corrected chi connectivity index (χ4v) is 1.96. The van der Waals surface area contributed by atoms with Crippen molar-refractivity contribution in [3.63, 3.8) is 0 Å². The summed E-state index contributed by atoms with van der Waals surface area (Å²) in [5.74, 6) is 1.44. The Morgan fingerprint density at radius 3 is 2.48 bits per heavy atom. The molecule has 2 aromatic carbocycles. The van der Waals surface area contributed by atoms with E-state index in [1.54, 1.807) is 30.3 Å². The van der Waals surface area contributed by atoms with Gasteiger partial charge in [0.2, 0.25) is 0 Å². The number of aliphatic hydroxyl groups is 1. The van der Waals surface area contributed by atoms with Crippen LogP contribution in [-0.4, -0.2) is 18.1 Å². The van der Waals surface area contributed by atoms with Crippen LogP contribution < -0.4 is 15.2 Å². The van der Waals surface area contributed by atoms with Crippen molar-refractivity contribution >= 4 is 5.84 Å². The van der Waals surface area contributed by atoms with Gasteiger partial charge in [-0.2, -0.15) is 0 Å². The number of rotatable bonds is 5. The molecular weight excluding hydrogens is 268 g/mol. The Morgan fingerprint density at radius 1 is 1.14 bits per heavy atom. The third-order valence-electron chi connectivity index (χ3n) is 3.06. The van der Waals surface area contributed by atoms with Crippen molar-refractivity contribution in [1.29, 1.82) is 5.41 Å². The SMILES string of the molecule is COc1cc(CO)ccc1Oc1ccc(C)cc1C(=N)N. The monoisotopic (exact) mass is 286 g/mol. The Morgan fingerprint density at radius 2 is 1.86 bits per heavy atom. The molecule has 0 amide bonds. The van der Waals surface area contributed by atoms with Crippen molar-refractivity contribution in [3.8, 4) is 17.2 Å². The first-order valence-corrected chi connectivity index (χ1v) is 6.46. The summed E-state index contributed by atoms with van der Waals surface area (Å²) in [7, 11) is 1.53. The summed E-state index contributed by atoms with van der Waals surface area (Å²) in [6.45, 7) is 1.85. The minimum atomic E-state index is -0.0696. The first-order chi connectivity index (χ1) is 10.0. The number of aliphatic hydroxyl groups excluding tert-OH is 1. The Kier molecular flexibility index (Phi) is 4.45. The van der Waals surface area contributed by atoms with E-state index in [1.807, 2.05) is 13.0 Å². The van der Waals surface area contributed by atoms with Gasteiger partial charge in [0.15, 0.2) is 11.5 Å². The van der Waals surface area contributed by atoms with Crippen molar-refractivity contribution in [2.45, 2.75) is 13.5 Å². The fraction of sp³-hybridized carbons (Fsp3) is 0.188. The molecule has 0 spiro atoms. The summed E-state index contributed by atoms with van der Waals surface area (Å²) in [4.78, 5) is 0. The Bertz CT molecular complexity index is 669. The van der Waals surface area contributed by atoms with E-state index in [9.17, 15) is 0 Å². The summed E-state index contributed by atoms with van der Waals surface area (Å²) in [5.41, 5.74) is 7.85. The molecule has 2 rings (SSSR count). The van der Waals surface area contributed by atoms with Crippen LogP contribution in [0, 0.1) is 12.3 Å². The summed E-state index contributed by atoms with van der Waals surface area (Å²) in [6, 6.07) is 10.6. The molecule has 0 heterocycles. The number of nitrogens with one attached hydrogen (secondary N) is 1. The molecule has 0 aliphatic carbocycles. The molecule has 0 aliphatic rings. The maximum Gasteiger partial charge on any atom is 0.169 e. The molecule has 0 aliphatic heterocycles. The number of aryl methyl sites for hydroxylation is 1. The van der Waals surface area contributed by atoms with Crippen molar-refractivity contribution in [2.24, 2.45) is 5.73 Å². The molecule has 0 aromatic heterocycles. The second-order valence-electron chi connectivity index (χ2n) is 4.66. The minimum Gasteiger partial charge on any atom is -0.493 e. The van der Waals surface area contributed by atoms with E-state index in [2.05, 4.69) is 0 Å². The molecule has 0 atom stereocenters. The van der Waals surface area contributed by atoms with Crippen LogP contribution in [0.1, 0.15) is 16.7 Å². The van der Waals surface area contributed by atoms with Crippen molar-refractivity contribution in [1.82, 2.24) is 0 Å². The normalized spacial score (nSPS) is 10.2. The Labute approximate surface area is 123 Å². The summed E-state index contributed by atoms with van der Waals surface area (Å²) in [5, 5.41) is 16.8. The second kappa shape index (κ2) is 6.28. The van der Waals surface area contributed by atoms with Crippen LogP contribution in [0.25, 0.3) is 0 Å².